The standard InChI is InChI=1S/C12H11F3N2O4/c13-8-5-7(1-2-9(8)17(19)20)10(18)21-16-6-12(3-4-12)11(14)15/h1-2,5,11,16H,3-4,6H2. The number of halogens is 3. The summed E-state index contributed by atoms with van der Waals surface area (Å²) in [6.45, 7) is -0.203. The van der Waals surface area contributed by atoms with E-state index in [4.69, 9.17) is 0 Å². The lowest BCUT2D eigenvalue weighted by molar-refractivity contribution is -0.387. The van der Waals surface area contributed by atoms with Crippen LogP contribution in [0.3, 0.4) is 0 Å². The number of carbonyl (C=O) groups excluding carboxylic acids is 1. The quantitative estimate of drug-likeness (QED) is 0.645. The van der Waals surface area contributed by atoms with Gasteiger partial charge in [0.15, 0.2) is 0 Å². The first kappa shape index (κ1) is 15.2. The van der Waals surface area contributed by atoms with Crippen molar-refractivity contribution in [3.8, 4) is 0 Å². The molecule has 2 rings (SSSR count). The van der Waals surface area contributed by atoms with Crippen molar-refractivity contribution in [2.75, 3.05) is 6.54 Å². The fourth-order valence-electron chi connectivity index (χ4n) is 1.72. The summed E-state index contributed by atoms with van der Waals surface area (Å²) in [5, 5.41) is 10.4. The molecule has 6 nitrogen and oxygen atoms in total. The second-order valence-corrected chi connectivity index (χ2v) is 4.80. The zero-order valence-corrected chi connectivity index (χ0v) is 10.6. The molecule has 1 aliphatic carbocycles. The van der Waals surface area contributed by atoms with Crippen molar-refractivity contribution in [2.24, 2.45) is 5.41 Å². The van der Waals surface area contributed by atoms with Gasteiger partial charge in [0, 0.05) is 18.0 Å². The van der Waals surface area contributed by atoms with Crippen LogP contribution in [0.1, 0.15) is 23.2 Å². The van der Waals surface area contributed by atoms with Gasteiger partial charge in [-0.3, -0.25) is 10.1 Å². The third-order valence-electron chi connectivity index (χ3n) is 3.32. The van der Waals surface area contributed by atoms with Crippen molar-refractivity contribution in [3.05, 3.63) is 39.7 Å². The zero-order valence-electron chi connectivity index (χ0n) is 10.6. The third-order valence-corrected chi connectivity index (χ3v) is 3.32. The van der Waals surface area contributed by atoms with Crippen molar-refractivity contribution in [3.63, 3.8) is 0 Å². The van der Waals surface area contributed by atoms with Crippen molar-refractivity contribution in [1.29, 1.82) is 0 Å². The van der Waals surface area contributed by atoms with Gasteiger partial charge >= 0.3 is 11.7 Å². The minimum absolute atomic E-state index is 0.203. The van der Waals surface area contributed by atoms with Crippen LogP contribution in [0.15, 0.2) is 18.2 Å². The molecule has 0 saturated heterocycles. The molecular formula is C12H11F3N2O4. The number of rotatable bonds is 6. The van der Waals surface area contributed by atoms with Crippen LogP contribution in [-0.4, -0.2) is 23.9 Å². The Labute approximate surface area is 117 Å². The fourth-order valence-corrected chi connectivity index (χ4v) is 1.72. The van der Waals surface area contributed by atoms with E-state index >= 15 is 0 Å². The zero-order chi connectivity index (χ0) is 15.6. The van der Waals surface area contributed by atoms with Gasteiger partial charge in [0.2, 0.25) is 12.2 Å². The summed E-state index contributed by atoms with van der Waals surface area (Å²) in [6, 6.07) is 2.50. The van der Waals surface area contributed by atoms with Crippen LogP contribution in [0.25, 0.3) is 0 Å². The Balaban J connectivity index is 1.92. The molecule has 1 aliphatic rings. The minimum Gasteiger partial charge on any atom is -0.367 e. The molecule has 0 heterocycles. The second-order valence-electron chi connectivity index (χ2n) is 4.80. The molecule has 0 aromatic heterocycles. The number of hydrogen-bond acceptors (Lipinski definition) is 5. The number of alkyl halides is 2. The van der Waals surface area contributed by atoms with E-state index in [0.717, 1.165) is 12.1 Å². The monoisotopic (exact) mass is 304 g/mol. The Morgan fingerprint density at radius 2 is 2.14 bits per heavy atom. The Morgan fingerprint density at radius 3 is 2.62 bits per heavy atom. The maximum Gasteiger partial charge on any atom is 0.356 e. The van der Waals surface area contributed by atoms with Crippen molar-refractivity contribution in [2.45, 2.75) is 19.3 Å². The number of carbonyl (C=O) groups is 1. The van der Waals surface area contributed by atoms with Gasteiger partial charge < -0.3 is 4.84 Å². The van der Waals surface area contributed by atoms with Gasteiger partial charge in [-0.15, -0.1) is 0 Å². The van der Waals surface area contributed by atoms with Crippen molar-refractivity contribution >= 4 is 11.7 Å². The van der Waals surface area contributed by atoms with E-state index < -0.39 is 34.2 Å². The molecule has 1 saturated carbocycles. The topological polar surface area (TPSA) is 81.5 Å². The maximum atomic E-state index is 13.3. The van der Waals surface area contributed by atoms with Crippen LogP contribution < -0.4 is 5.48 Å². The van der Waals surface area contributed by atoms with E-state index in [1.807, 2.05) is 0 Å². The smallest absolute Gasteiger partial charge is 0.356 e. The summed E-state index contributed by atoms with van der Waals surface area (Å²) in [7, 11) is 0. The Bertz CT molecular complexity index is 576. The van der Waals surface area contributed by atoms with E-state index in [1.165, 1.54) is 0 Å². The van der Waals surface area contributed by atoms with E-state index in [0.29, 0.717) is 18.9 Å². The lowest BCUT2D eigenvalue weighted by Crippen LogP contribution is -2.31. The largest absolute Gasteiger partial charge is 0.367 e. The van der Waals surface area contributed by atoms with Crippen LogP contribution in [0, 0.1) is 21.3 Å². The number of nitro benzene ring substituents is 1. The third kappa shape index (κ3) is 3.30. The normalized spacial score (nSPS) is 15.8. The summed E-state index contributed by atoms with van der Waals surface area (Å²) in [5.74, 6) is -2.19. The van der Waals surface area contributed by atoms with Gasteiger partial charge in [0.25, 0.3) is 0 Å². The molecule has 0 unspecified atom stereocenters. The SMILES string of the molecule is O=C(ONCC1(C(F)F)CC1)c1ccc([N+](=O)[O-])c(F)c1. The van der Waals surface area contributed by atoms with Crippen LogP contribution in [0.5, 0.6) is 0 Å². The lowest BCUT2D eigenvalue weighted by atomic mass is 10.1. The van der Waals surface area contributed by atoms with Gasteiger partial charge in [-0.05, 0) is 25.0 Å². The molecule has 9 heteroatoms. The molecule has 0 atom stereocenters. The molecule has 114 valence electrons. The van der Waals surface area contributed by atoms with Gasteiger partial charge in [-0.25, -0.2) is 13.6 Å². The minimum atomic E-state index is -2.51. The number of benzene rings is 1. The summed E-state index contributed by atoms with van der Waals surface area (Å²) in [5.41, 5.74) is -0.0532. The molecule has 1 fully saturated rings. The summed E-state index contributed by atoms with van der Waals surface area (Å²) in [6.07, 6.45) is -1.84. The highest BCUT2D eigenvalue weighted by molar-refractivity contribution is 5.89. The maximum absolute atomic E-state index is 13.3. The molecule has 21 heavy (non-hydrogen) atoms. The molecule has 1 aromatic rings. The summed E-state index contributed by atoms with van der Waals surface area (Å²) < 4.78 is 38.5. The van der Waals surface area contributed by atoms with Crippen LogP contribution in [0.2, 0.25) is 0 Å². The van der Waals surface area contributed by atoms with Crippen LogP contribution in [0.4, 0.5) is 18.9 Å². The number of nitrogens with zero attached hydrogens (tertiary/aromatic N) is 1. The summed E-state index contributed by atoms with van der Waals surface area (Å²) in [4.78, 5) is 25.6. The molecule has 0 amide bonds. The summed E-state index contributed by atoms with van der Waals surface area (Å²) >= 11 is 0. The first-order valence-electron chi connectivity index (χ1n) is 6.02. The van der Waals surface area contributed by atoms with Gasteiger partial charge in [-0.2, -0.15) is 9.87 Å². The first-order chi connectivity index (χ1) is 9.85. The Morgan fingerprint density at radius 1 is 1.48 bits per heavy atom. The molecular weight excluding hydrogens is 293 g/mol. The second kappa shape index (κ2) is 5.68. The van der Waals surface area contributed by atoms with Crippen LogP contribution in [-0.2, 0) is 4.84 Å². The molecule has 1 N–H and O–H groups in total. The van der Waals surface area contributed by atoms with Crippen LogP contribution >= 0.6 is 0 Å². The predicted octanol–water partition coefficient (Wildman–Crippen LogP) is 2.44. The molecule has 0 spiro atoms. The molecule has 0 bridgehead atoms. The molecule has 0 aliphatic heterocycles. The van der Waals surface area contributed by atoms with Gasteiger partial charge in [0.05, 0.1) is 10.5 Å². The predicted molar refractivity (Wildman–Crippen MR) is 64.1 cm³/mol. The van der Waals surface area contributed by atoms with E-state index in [1.54, 1.807) is 0 Å². The lowest BCUT2D eigenvalue weighted by Gasteiger charge is -2.14. The molecule has 0 radical (unpaired) electrons. The van der Waals surface area contributed by atoms with E-state index in [9.17, 15) is 28.1 Å². The number of hydrogen-bond donors (Lipinski definition) is 1. The molecule has 1 aromatic carbocycles. The van der Waals surface area contributed by atoms with Crippen molar-refractivity contribution in [1.82, 2.24) is 5.48 Å². The number of hydroxylamine groups is 1. The van der Waals surface area contributed by atoms with Gasteiger partial charge in [0.1, 0.15) is 0 Å². The average Bonchev–Trinajstić information content (AvgIpc) is 3.19. The van der Waals surface area contributed by atoms with E-state index in [2.05, 4.69) is 10.3 Å². The first-order valence-corrected chi connectivity index (χ1v) is 6.02. The van der Waals surface area contributed by atoms with Crippen molar-refractivity contribution < 1.29 is 27.7 Å². The number of nitro groups is 1. The Hall–Kier alpha value is -2.16. The average molecular weight is 304 g/mol. The highest BCUT2D eigenvalue weighted by Gasteiger charge is 2.51. The highest BCUT2D eigenvalue weighted by Crippen LogP contribution is 2.50. The van der Waals surface area contributed by atoms with Gasteiger partial charge in [-0.1, -0.05) is 0 Å². The Kier molecular flexibility index (Phi) is 4.12. The number of nitrogens with one attached hydrogen (secondary N) is 1. The van der Waals surface area contributed by atoms with E-state index in [-0.39, 0.29) is 12.1 Å². The highest BCUT2D eigenvalue weighted by atomic mass is 19.3. The fraction of sp³-hybridized carbons (Fsp3) is 0.417.